The third-order valence-corrected chi connectivity index (χ3v) is 10.1. The molecule has 0 saturated heterocycles. The van der Waals surface area contributed by atoms with Crippen LogP contribution in [0.15, 0.2) is 194 Å². The summed E-state index contributed by atoms with van der Waals surface area (Å²) in [6, 6.07) is 70.4. The van der Waals surface area contributed by atoms with E-state index < -0.39 is 0 Å². The molecule has 8 aromatic carbocycles. The maximum atomic E-state index is 2.47. The largest absolute Gasteiger partial charge is 0.309 e. The summed E-state index contributed by atoms with van der Waals surface area (Å²) in [7, 11) is 0. The minimum atomic E-state index is 1.16. The van der Waals surface area contributed by atoms with Crippen LogP contribution in [0.4, 0.5) is 0 Å². The minimum absolute atomic E-state index is 1.16. The van der Waals surface area contributed by atoms with Crippen molar-refractivity contribution in [2.75, 3.05) is 0 Å². The molecule has 0 aliphatic carbocycles. The number of fused-ring (bicyclic) bond motifs is 6. The van der Waals surface area contributed by atoms with E-state index >= 15 is 0 Å². The zero-order valence-corrected chi connectivity index (χ0v) is 27.4. The Morgan fingerprint density at radius 3 is 1.34 bits per heavy atom. The first-order valence-electron chi connectivity index (χ1n) is 17.2. The van der Waals surface area contributed by atoms with Crippen LogP contribution >= 0.6 is 0 Å². The number of aromatic nitrogens is 2. The zero-order chi connectivity index (χ0) is 33.0. The van der Waals surface area contributed by atoms with Gasteiger partial charge in [-0.1, -0.05) is 152 Å². The third-order valence-electron chi connectivity index (χ3n) is 10.1. The molecule has 50 heavy (non-hydrogen) atoms. The molecular weight excluding hydrogens is 605 g/mol. The summed E-state index contributed by atoms with van der Waals surface area (Å²) in [5, 5.41) is 5.02. The molecule has 2 heteroatoms. The van der Waals surface area contributed by atoms with Gasteiger partial charge in [-0.05, 0) is 64.7 Å². The third kappa shape index (κ3) is 4.43. The van der Waals surface area contributed by atoms with E-state index in [0.29, 0.717) is 0 Å². The number of benzene rings is 8. The molecule has 10 rings (SSSR count). The van der Waals surface area contributed by atoms with Gasteiger partial charge >= 0.3 is 0 Å². The van der Waals surface area contributed by atoms with Gasteiger partial charge in [-0.2, -0.15) is 0 Å². The van der Waals surface area contributed by atoms with E-state index in [1.54, 1.807) is 0 Å². The van der Waals surface area contributed by atoms with Crippen LogP contribution in [0.2, 0.25) is 0 Å². The second-order valence-electron chi connectivity index (χ2n) is 12.9. The maximum Gasteiger partial charge on any atom is 0.0547 e. The molecule has 0 atom stereocenters. The van der Waals surface area contributed by atoms with E-state index in [0.717, 1.165) is 5.69 Å². The molecule has 2 nitrogen and oxygen atoms in total. The average Bonchev–Trinajstić information content (AvgIpc) is 3.71. The quantitative estimate of drug-likeness (QED) is 0.178. The molecule has 0 aliphatic rings. The topological polar surface area (TPSA) is 9.86 Å². The van der Waals surface area contributed by atoms with E-state index in [4.69, 9.17) is 0 Å². The van der Waals surface area contributed by atoms with E-state index in [2.05, 4.69) is 203 Å². The van der Waals surface area contributed by atoms with E-state index in [1.807, 2.05) is 0 Å². The number of hydrogen-bond acceptors (Lipinski definition) is 0. The first kappa shape index (κ1) is 28.4. The maximum absolute atomic E-state index is 2.47. The van der Waals surface area contributed by atoms with Crippen LogP contribution in [-0.4, -0.2) is 9.13 Å². The van der Waals surface area contributed by atoms with E-state index in [-0.39, 0.29) is 0 Å². The van der Waals surface area contributed by atoms with Crippen LogP contribution in [0, 0.1) is 0 Å². The van der Waals surface area contributed by atoms with Crippen LogP contribution in [0.1, 0.15) is 0 Å². The molecule has 0 N–H and O–H groups in total. The van der Waals surface area contributed by atoms with Crippen LogP contribution in [0.25, 0.3) is 88.4 Å². The molecule has 0 amide bonds. The Balaban J connectivity index is 1.24. The first-order chi connectivity index (χ1) is 24.8. The molecule has 0 radical (unpaired) electrons. The molecule has 2 heterocycles. The Bertz CT molecular complexity index is 2800. The molecule has 0 saturated carbocycles. The van der Waals surface area contributed by atoms with E-state index in [1.165, 1.54) is 82.7 Å². The zero-order valence-electron chi connectivity index (χ0n) is 27.4. The molecular formula is C48H32N2. The Kier molecular flexibility index (Phi) is 6.53. The summed E-state index contributed by atoms with van der Waals surface area (Å²) < 4.78 is 4.89. The Morgan fingerprint density at radius 2 is 0.700 bits per heavy atom. The number of nitrogens with zero attached hydrogens (tertiary/aromatic N) is 2. The van der Waals surface area contributed by atoms with Crippen molar-refractivity contribution in [1.82, 2.24) is 9.13 Å². The predicted molar refractivity (Wildman–Crippen MR) is 211 cm³/mol. The van der Waals surface area contributed by atoms with Crippen LogP contribution in [-0.2, 0) is 0 Å². The lowest BCUT2D eigenvalue weighted by Crippen LogP contribution is -1.99. The second kappa shape index (κ2) is 11.5. The summed E-state index contributed by atoms with van der Waals surface area (Å²) >= 11 is 0. The molecule has 0 bridgehead atoms. The molecule has 10 aromatic rings. The SMILES string of the molecule is c1ccc(-c2ccc(-n3c4ccccc4c4ccc(-c5ccccc5-n5c6ccccc6c6ccccc65)cc43)c(-c3ccccc3)c2)cc1. The lowest BCUT2D eigenvalue weighted by Gasteiger charge is -2.17. The van der Waals surface area contributed by atoms with Crippen molar-refractivity contribution in [3.8, 4) is 44.8 Å². The minimum Gasteiger partial charge on any atom is -0.309 e. The summed E-state index contributed by atoms with van der Waals surface area (Å²) in [6.07, 6.45) is 0. The Labute approximate surface area is 290 Å². The van der Waals surface area contributed by atoms with Gasteiger partial charge in [0.15, 0.2) is 0 Å². The fourth-order valence-electron chi connectivity index (χ4n) is 7.88. The number of rotatable bonds is 5. The Morgan fingerprint density at radius 1 is 0.240 bits per heavy atom. The summed E-state index contributed by atoms with van der Waals surface area (Å²) in [4.78, 5) is 0. The highest BCUT2D eigenvalue weighted by Gasteiger charge is 2.19. The van der Waals surface area contributed by atoms with Crippen molar-refractivity contribution in [1.29, 1.82) is 0 Å². The first-order valence-corrected chi connectivity index (χ1v) is 17.2. The van der Waals surface area contributed by atoms with Crippen LogP contribution < -0.4 is 0 Å². The predicted octanol–water partition coefficient (Wildman–Crippen LogP) is 12.9. The molecule has 0 fully saturated rings. The molecule has 0 spiro atoms. The summed E-state index contributed by atoms with van der Waals surface area (Å²) in [5.74, 6) is 0. The summed E-state index contributed by atoms with van der Waals surface area (Å²) in [5.41, 5.74) is 14.3. The lowest BCUT2D eigenvalue weighted by molar-refractivity contribution is 1.18. The molecule has 0 unspecified atom stereocenters. The second-order valence-corrected chi connectivity index (χ2v) is 12.9. The summed E-state index contributed by atoms with van der Waals surface area (Å²) in [6.45, 7) is 0. The number of para-hydroxylation sites is 4. The van der Waals surface area contributed by atoms with Gasteiger partial charge in [-0.15, -0.1) is 0 Å². The highest BCUT2D eigenvalue weighted by molar-refractivity contribution is 6.12. The van der Waals surface area contributed by atoms with Crippen molar-refractivity contribution in [2.45, 2.75) is 0 Å². The van der Waals surface area contributed by atoms with Crippen LogP contribution in [0.5, 0.6) is 0 Å². The molecule has 2 aromatic heterocycles. The lowest BCUT2D eigenvalue weighted by atomic mass is 9.97. The fourth-order valence-corrected chi connectivity index (χ4v) is 7.88. The van der Waals surface area contributed by atoms with Crippen molar-refractivity contribution < 1.29 is 0 Å². The van der Waals surface area contributed by atoms with Gasteiger partial charge in [-0.3, -0.25) is 0 Å². The van der Waals surface area contributed by atoms with Gasteiger partial charge < -0.3 is 9.13 Å². The Hall–Kier alpha value is -6.64. The van der Waals surface area contributed by atoms with Gasteiger partial charge in [0.2, 0.25) is 0 Å². The smallest absolute Gasteiger partial charge is 0.0547 e. The van der Waals surface area contributed by atoms with Crippen molar-refractivity contribution in [2.24, 2.45) is 0 Å². The molecule has 0 aliphatic heterocycles. The fraction of sp³-hybridized carbons (Fsp3) is 0. The van der Waals surface area contributed by atoms with Crippen molar-refractivity contribution in [3.05, 3.63) is 194 Å². The van der Waals surface area contributed by atoms with Gasteiger partial charge in [0.1, 0.15) is 0 Å². The average molecular weight is 637 g/mol. The number of hydrogen-bond donors (Lipinski definition) is 0. The van der Waals surface area contributed by atoms with Gasteiger partial charge in [0, 0.05) is 32.7 Å². The van der Waals surface area contributed by atoms with E-state index in [9.17, 15) is 0 Å². The molecule has 234 valence electrons. The monoisotopic (exact) mass is 636 g/mol. The van der Waals surface area contributed by atoms with Gasteiger partial charge in [0.25, 0.3) is 0 Å². The van der Waals surface area contributed by atoms with Crippen molar-refractivity contribution >= 4 is 43.6 Å². The normalized spacial score (nSPS) is 11.6. The highest BCUT2D eigenvalue weighted by atomic mass is 15.0. The van der Waals surface area contributed by atoms with Gasteiger partial charge in [-0.25, -0.2) is 0 Å². The highest BCUT2D eigenvalue weighted by Crippen LogP contribution is 2.41. The van der Waals surface area contributed by atoms with Crippen molar-refractivity contribution in [3.63, 3.8) is 0 Å². The van der Waals surface area contributed by atoms with Gasteiger partial charge in [0.05, 0.1) is 33.4 Å². The van der Waals surface area contributed by atoms with Crippen LogP contribution in [0.3, 0.4) is 0 Å². The standard InChI is InChI=1S/C48H32N2/c1-3-15-33(16-4-1)35-28-30-47(42(31-35)34-17-5-2-6-18-34)50-46-26-14-10-22-40(46)41-29-27-36(32-48(41)50)37-19-7-11-23-43(37)49-44-24-12-8-20-38(44)39-21-9-13-25-45(39)49/h1-32H.